The molecule has 1 aliphatic rings. The molecule has 1 N–H and O–H groups in total. The molecule has 0 aliphatic heterocycles. The van der Waals surface area contributed by atoms with Crippen LogP contribution in [0.4, 0.5) is 5.69 Å². The van der Waals surface area contributed by atoms with Crippen LogP contribution >= 0.6 is 0 Å². The highest BCUT2D eigenvalue weighted by Crippen LogP contribution is 2.35. The average Bonchev–Trinajstić information content (AvgIpc) is 3.02. The van der Waals surface area contributed by atoms with E-state index in [0.717, 1.165) is 29.7 Å². The highest BCUT2D eigenvalue weighted by atomic mass is 16.5. The van der Waals surface area contributed by atoms with Crippen molar-refractivity contribution in [2.24, 2.45) is 0 Å². The number of hydrogen-bond acceptors (Lipinski definition) is 2. The molecule has 3 aromatic carbocycles. The lowest BCUT2D eigenvalue weighted by Crippen LogP contribution is -2.12. The van der Waals surface area contributed by atoms with Gasteiger partial charge in [-0.1, -0.05) is 24.3 Å². The molecule has 0 aromatic heterocycles. The maximum absolute atomic E-state index is 12.5. The van der Waals surface area contributed by atoms with E-state index in [2.05, 4.69) is 29.6 Å². The first-order chi connectivity index (χ1) is 11.3. The number of hydrogen-bond donors (Lipinski definition) is 1. The highest BCUT2D eigenvalue weighted by Gasteiger charge is 2.17. The molecule has 1 aliphatic carbocycles. The van der Waals surface area contributed by atoms with Crippen molar-refractivity contribution >= 4 is 22.4 Å². The number of methoxy groups -OCH3 is 1. The minimum atomic E-state index is -0.105. The lowest BCUT2D eigenvalue weighted by molar-refractivity contribution is 0.102. The van der Waals surface area contributed by atoms with Gasteiger partial charge < -0.3 is 10.1 Å². The van der Waals surface area contributed by atoms with Crippen molar-refractivity contribution in [3.63, 3.8) is 0 Å². The summed E-state index contributed by atoms with van der Waals surface area (Å²) in [5.41, 5.74) is 4.23. The zero-order valence-corrected chi connectivity index (χ0v) is 12.9. The Morgan fingerprint density at radius 1 is 0.957 bits per heavy atom. The van der Waals surface area contributed by atoms with E-state index in [1.807, 2.05) is 6.07 Å². The van der Waals surface area contributed by atoms with E-state index in [-0.39, 0.29) is 5.91 Å². The van der Waals surface area contributed by atoms with Crippen LogP contribution in [-0.4, -0.2) is 13.0 Å². The number of amides is 1. The Morgan fingerprint density at radius 2 is 1.70 bits per heavy atom. The van der Waals surface area contributed by atoms with Gasteiger partial charge in [0.15, 0.2) is 0 Å². The molecule has 3 aromatic rings. The van der Waals surface area contributed by atoms with E-state index < -0.39 is 0 Å². The molecule has 3 heteroatoms. The molecule has 23 heavy (non-hydrogen) atoms. The first-order valence-corrected chi connectivity index (χ1v) is 7.75. The predicted octanol–water partition coefficient (Wildman–Crippen LogP) is 4.20. The number of rotatable bonds is 3. The lowest BCUT2D eigenvalue weighted by atomic mass is 10.0. The fourth-order valence-corrected chi connectivity index (χ4v) is 3.29. The van der Waals surface area contributed by atoms with Crippen LogP contribution in [0.3, 0.4) is 0 Å². The van der Waals surface area contributed by atoms with E-state index in [9.17, 15) is 4.79 Å². The van der Waals surface area contributed by atoms with Gasteiger partial charge in [0.1, 0.15) is 5.75 Å². The van der Waals surface area contributed by atoms with E-state index in [4.69, 9.17) is 4.74 Å². The van der Waals surface area contributed by atoms with Crippen molar-refractivity contribution in [1.82, 2.24) is 0 Å². The zero-order chi connectivity index (χ0) is 15.8. The lowest BCUT2D eigenvalue weighted by Gasteiger charge is -2.11. The van der Waals surface area contributed by atoms with Crippen molar-refractivity contribution < 1.29 is 9.53 Å². The van der Waals surface area contributed by atoms with Crippen molar-refractivity contribution in [2.75, 3.05) is 12.4 Å². The van der Waals surface area contributed by atoms with Crippen molar-refractivity contribution in [3.8, 4) is 5.75 Å². The van der Waals surface area contributed by atoms with Crippen molar-refractivity contribution in [3.05, 3.63) is 71.3 Å². The van der Waals surface area contributed by atoms with Gasteiger partial charge in [0.25, 0.3) is 5.91 Å². The molecule has 0 atom stereocenters. The Balaban J connectivity index is 1.69. The summed E-state index contributed by atoms with van der Waals surface area (Å²) in [6.45, 7) is 0. The molecule has 0 saturated carbocycles. The molecule has 0 bridgehead atoms. The summed E-state index contributed by atoms with van der Waals surface area (Å²) in [4.78, 5) is 12.5. The maximum Gasteiger partial charge on any atom is 0.255 e. The largest absolute Gasteiger partial charge is 0.497 e. The number of anilines is 1. The molecule has 0 unspecified atom stereocenters. The van der Waals surface area contributed by atoms with Gasteiger partial charge in [-0.2, -0.15) is 0 Å². The van der Waals surface area contributed by atoms with Crippen molar-refractivity contribution in [1.29, 1.82) is 0 Å². The molecule has 4 rings (SSSR count). The van der Waals surface area contributed by atoms with E-state index in [1.54, 1.807) is 31.4 Å². The van der Waals surface area contributed by atoms with Gasteiger partial charge in [0.05, 0.1) is 7.11 Å². The SMILES string of the molecule is COc1ccc(C(=O)Nc2ccc3c4c(cccc24)CC3)cc1. The number of nitrogens with one attached hydrogen (secondary N) is 1. The predicted molar refractivity (Wildman–Crippen MR) is 92.3 cm³/mol. The summed E-state index contributed by atoms with van der Waals surface area (Å²) in [6, 6.07) is 17.6. The van der Waals surface area contributed by atoms with Crippen LogP contribution in [-0.2, 0) is 12.8 Å². The summed E-state index contributed by atoms with van der Waals surface area (Å²) in [5, 5.41) is 5.47. The van der Waals surface area contributed by atoms with Crippen LogP contribution in [0.1, 0.15) is 21.5 Å². The van der Waals surface area contributed by atoms with Crippen molar-refractivity contribution in [2.45, 2.75) is 12.8 Å². The van der Waals surface area contributed by atoms with Gasteiger partial charge >= 0.3 is 0 Å². The summed E-state index contributed by atoms with van der Waals surface area (Å²) >= 11 is 0. The third kappa shape index (κ3) is 2.34. The fraction of sp³-hybridized carbons (Fsp3) is 0.150. The van der Waals surface area contributed by atoms with Crippen LogP contribution in [0, 0.1) is 0 Å². The smallest absolute Gasteiger partial charge is 0.255 e. The number of benzene rings is 3. The van der Waals surface area contributed by atoms with Crippen LogP contribution in [0.2, 0.25) is 0 Å². The third-order valence-corrected chi connectivity index (χ3v) is 4.48. The monoisotopic (exact) mass is 303 g/mol. The standard InChI is InChI=1S/C20H17NO2/c1-23-16-10-7-15(8-11-16)20(22)21-18-12-9-14-6-5-13-3-2-4-17(18)19(13)14/h2-4,7-12H,5-6H2,1H3,(H,21,22). The molecule has 0 spiro atoms. The van der Waals surface area contributed by atoms with Crippen LogP contribution in [0.25, 0.3) is 10.8 Å². The average molecular weight is 303 g/mol. The van der Waals surface area contributed by atoms with Gasteiger partial charge in [0, 0.05) is 16.6 Å². The summed E-state index contributed by atoms with van der Waals surface area (Å²) < 4.78 is 5.13. The summed E-state index contributed by atoms with van der Waals surface area (Å²) in [7, 11) is 1.61. The number of ether oxygens (including phenoxy) is 1. The van der Waals surface area contributed by atoms with Crippen LogP contribution < -0.4 is 10.1 Å². The molecule has 0 fully saturated rings. The summed E-state index contributed by atoms with van der Waals surface area (Å²) in [6.07, 6.45) is 2.17. The highest BCUT2D eigenvalue weighted by molar-refractivity contribution is 6.10. The molecular weight excluding hydrogens is 286 g/mol. The second-order valence-electron chi connectivity index (χ2n) is 5.79. The molecular formula is C20H17NO2. The maximum atomic E-state index is 12.5. The van der Waals surface area contributed by atoms with Gasteiger partial charge in [-0.3, -0.25) is 4.79 Å². The molecule has 0 saturated heterocycles. The number of carbonyl (C=O) groups is 1. The van der Waals surface area contributed by atoms with Gasteiger partial charge in [0.2, 0.25) is 0 Å². The summed E-state index contributed by atoms with van der Waals surface area (Å²) in [5.74, 6) is 0.637. The third-order valence-electron chi connectivity index (χ3n) is 4.48. The fourth-order valence-electron chi connectivity index (χ4n) is 3.29. The molecule has 0 radical (unpaired) electrons. The molecule has 0 heterocycles. The van der Waals surface area contributed by atoms with Crippen LogP contribution in [0.5, 0.6) is 5.75 Å². The first-order valence-electron chi connectivity index (χ1n) is 7.75. The topological polar surface area (TPSA) is 38.3 Å². The second kappa shape index (κ2) is 5.43. The van der Waals surface area contributed by atoms with Gasteiger partial charge in [-0.05, 0) is 59.7 Å². The zero-order valence-electron chi connectivity index (χ0n) is 12.9. The van der Waals surface area contributed by atoms with E-state index in [0.29, 0.717) is 5.56 Å². The number of aryl methyl sites for hydroxylation is 2. The quantitative estimate of drug-likeness (QED) is 0.787. The minimum Gasteiger partial charge on any atom is -0.497 e. The van der Waals surface area contributed by atoms with Gasteiger partial charge in [-0.25, -0.2) is 0 Å². The molecule has 114 valence electrons. The van der Waals surface area contributed by atoms with Crippen LogP contribution in [0.15, 0.2) is 54.6 Å². The van der Waals surface area contributed by atoms with Gasteiger partial charge in [-0.15, -0.1) is 0 Å². The molecule has 3 nitrogen and oxygen atoms in total. The normalized spacial score (nSPS) is 12.4. The first kappa shape index (κ1) is 13.8. The Labute approximate surface area is 134 Å². The van der Waals surface area contributed by atoms with E-state index >= 15 is 0 Å². The molecule has 1 amide bonds. The Morgan fingerprint density at radius 3 is 2.43 bits per heavy atom. The Hall–Kier alpha value is -2.81. The second-order valence-corrected chi connectivity index (χ2v) is 5.79. The Bertz CT molecular complexity index is 887. The Kier molecular flexibility index (Phi) is 3.27. The minimum absolute atomic E-state index is 0.105. The number of carbonyl (C=O) groups excluding carboxylic acids is 1. The van der Waals surface area contributed by atoms with E-state index in [1.165, 1.54) is 16.5 Å².